The normalized spacial score (nSPS) is 11.4. The molecule has 70 heavy (non-hydrogen) atoms. The Morgan fingerprint density at radius 1 is 0.200 bits per heavy atom. The van der Waals surface area contributed by atoms with E-state index in [1.807, 2.05) is 0 Å². The number of benzene rings is 11. The molecule has 0 spiro atoms. The highest BCUT2D eigenvalue weighted by Crippen LogP contribution is 2.42. The van der Waals surface area contributed by atoms with Crippen LogP contribution in [0.5, 0.6) is 0 Å². The molecule has 0 aliphatic rings. The zero-order valence-corrected chi connectivity index (χ0v) is 38.3. The van der Waals surface area contributed by atoms with Gasteiger partial charge in [-0.2, -0.15) is 0 Å². The first-order valence-electron chi connectivity index (χ1n) is 23.9. The fourth-order valence-corrected chi connectivity index (χ4v) is 10.4. The number of fused-ring (bicyclic) bond motifs is 6. The highest BCUT2D eigenvalue weighted by Gasteiger charge is 2.20. The average molecular weight is 895 g/mol. The maximum Gasteiger partial charge on any atom is 0.0542 e. The van der Waals surface area contributed by atoms with Crippen LogP contribution < -0.4 is 9.80 Å². The van der Waals surface area contributed by atoms with E-state index >= 15 is 0 Å². The number of para-hydroxylation sites is 6. The second-order valence-electron chi connectivity index (χ2n) is 17.8. The lowest BCUT2D eigenvalue weighted by atomic mass is 9.99. The van der Waals surface area contributed by atoms with Crippen LogP contribution >= 0.6 is 0 Å². The Hall–Kier alpha value is -9.38. The van der Waals surface area contributed by atoms with Gasteiger partial charge >= 0.3 is 0 Å². The SMILES string of the molecule is c1ccc(N(c2ccc(-c3ccc(-c4ccc(N(c5ccccc5)c5ccc6c(c5)c5ccccc5n6-c5ccccc5)cc4)cc3)cc2)c2ccc3c(c2)c2ccccc2n3-c2ccccc2)cc1. The van der Waals surface area contributed by atoms with Gasteiger partial charge in [0.1, 0.15) is 0 Å². The molecule has 0 saturated carbocycles. The van der Waals surface area contributed by atoms with Crippen LogP contribution in [-0.4, -0.2) is 9.13 Å². The lowest BCUT2D eigenvalue weighted by molar-refractivity contribution is 1.18. The van der Waals surface area contributed by atoms with Gasteiger partial charge in [0.2, 0.25) is 0 Å². The number of aromatic nitrogens is 2. The third-order valence-electron chi connectivity index (χ3n) is 13.7. The maximum absolute atomic E-state index is 2.37. The number of anilines is 6. The standard InChI is InChI=1S/C66H46N4/c1-5-17-51(18-6-1)67(57-41-43-65-61(45-57)59-25-13-15-27-63(59)69(65)53-21-9-3-10-22-53)55-37-33-49(34-38-55)47-29-31-48(32-30-47)50-35-39-56(40-36-50)68(52-19-7-2-8-20-52)58-42-44-66-62(46-58)60-26-14-16-28-64(60)70(66)54-23-11-4-12-24-54/h1-46H. The first-order chi connectivity index (χ1) is 34.7. The molecule has 4 nitrogen and oxygen atoms in total. The fourth-order valence-electron chi connectivity index (χ4n) is 10.4. The van der Waals surface area contributed by atoms with Crippen molar-refractivity contribution in [1.29, 1.82) is 0 Å². The summed E-state index contributed by atoms with van der Waals surface area (Å²) in [6, 6.07) is 101. The van der Waals surface area contributed by atoms with E-state index in [9.17, 15) is 0 Å². The van der Waals surface area contributed by atoms with Gasteiger partial charge in [-0.3, -0.25) is 0 Å². The van der Waals surface area contributed by atoms with E-state index < -0.39 is 0 Å². The quantitative estimate of drug-likeness (QED) is 0.136. The number of hydrogen-bond donors (Lipinski definition) is 0. The van der Waals surface area contributed by atoms with Gasteiger partial charge in [0, 0.05) is 67.0 Å². The Morgan fingerprint density at radius 3 is 0.843 bits per heavy atom. The molecule has 11 aromatic carbocycles. The van der Waals surface area contributed by atoms with Gasteiger partial charge in [-0.15, -0.1) is 0 Å². The third kappa shape index (κ3) is 7.18. The van der Waals surface area contributed by atoms with Crippen molar-refractivity contribution in [1.82, 2.24) is 9.13 Å². The van der Waals surface area contributed by atoms with Crippen molar-refractivity contribution in [3.8, 4) is 33.6 Å². The predicted octanol–water partition coefficient (Wildman–Crippen LogP) is 18.2. The summed E-state index contributed by atoms with van der Waals surface area (Å²) in [4.78, 5) is 4.71. The minimum Gasteiger partial charge on any atom is -0.310 e. The second kappa shape index (κ2) is 17.4. The van der Waals surface area contributed by atoms with E-state index in [0.717, 1.165) is 45.5 Å². The van der Waals surface area contributed by atoms with E-state index in [2.05, 4.69) is 298 Å². The smallest absolute Gasteiger partial charge is 0.0542 e. The summed E-state index contributed by atoms with van der Waals surface area (Å²) < 4.78 is 4.73. The van der Waals surface area contributed by atoms with Crippen LogP contribution in [0, 0.1) is 0 Å². The molecule has 2 heterocycles. The van der Waals surface area contributed by atoms with E-state index in [-0.39, 0.29) is 0 Å². The van der Waals surface area contributed by atoms with Crippen LogP contribution in [0.2, 0.25) is 0 Å². The van der Waals surface area contributed by atoms with Crippen molar-refractivity contribution in [2.24, 2.45) is 0 Å². The molecule has 0 atom stereocenters. The molecule has 0 amide bonds. The lowest BCUT2D eigenvalue weighted by Gasteiger charge is -2.26. The van der Waals surface area contributed by atoms with Gasteiger partial charge in [-0.25, -0.2) is 0 Å². The van der Waals surface area contributed by atoms with Crippen molar-refractivity contribution in [3.05, 3.63) is 279 Å². The largest absolute Gasteiger partial charge is 0.310 e. The summed E-state index contributed by atoms with van der Waals surface area (Å²) in [5, 5.41) is 4.91. The van der Waals surface area contributed by atoms with E-state index in [1.54, 1.807) is 0 Å². The molecular weight excluding hydrogens is 849 g/mol. The van der Waals surface area contributed by atoms with Crippen LogP contribution in [0.4, 0.5) is 34.1 Å². The predicted molar refractivity (Wildman–Crippen MR) is 295 cm³/mol. The van der Waals surface area contributed by atoms with Gasteiger partial charge in [0.25, 0.3) is 0 Å². The Labute approximate surface area is 407 Å². The average Bonchev–Trinajstić information content (AvgIpc) is 3.95. The second-order valence-corrected chi connectivity index (χ2v) is 17.8. The summed E-state index contributed by atoms with van der Waals surface area (Å²) in [6.07, 6.45) is 0. The van der Waals surface area contributed by atoms with Crippen LogP contribution in [-0.2, 0) is 0 Å². The molecule has 0 bridgehead atoms. The Morgan fingerprint density at radius 2 is 0.471 bits per heavy atom. The number of rotatable bonds is 10. The van der Waals surface area contributed by atoms with Crippen LogP contribution in [0.25, 0.3) is 77.2 Å². The van der Waals surface area contributed by atoms with E-state index in [4.69, 9.17) is 0 Å². The minimum atomic E-state index is 1.10. The summed E-state index contributed by atoms with van der Waals surface area (Å²) in [7, 11) is 0. The zero-order valence-electron chi connectivity index (χ0n) is 38.3. The van der Waals surface area contributed by atoms with Gasteiger partial charge in [-0.1, -0.05) is 158 Å². The zero-order chi connectivity index (χ0) is 46.4. The Bertz CT molecular complexity index is 3690. The summed E-state index contributed by atoms with van der Waals surface area (Å²) in [5.41, 5.74) is 18.4. The molecule has 0 radical (unpaired) electrons. The maximum atomic E-state index is 2.37. The topological polar surface area (TPSA) is 16.3 Å². The number of hydrogen-bond acceptors (Lipinski definition) is 2. The molecule has 13 rings (SSSR count). The van der Waals surface area contributed by atoms with Gasteiger partial charge in [0.05, 0.1) is 22.1 Å². The molecule has 0 saturated heterocycles. The van der Waals surface area contributed by atoms with Crippen molar-refractivity contribution in [3.63, 3.8) is 0 Å². The monoisotopic (exact) mass is 894 g/mol. The summed E-state index contributed by atoms with van der Waals surface area (Å²) >= 11 is 0. The molecule has 0 fully saturated rings. The lowest BCUT2D eigenvalue weighted by Crippen LogP contribution is -2.09. The Balaban J connectivity index is 0.798. The highest BCUT2D eigenvalue weighted by molar-refractivity contribution is 6.12. The van der Waals surface area contributed by atoms with Gasteiger partial charge in [-0.05, 0) is 144 Å². The van der Waals surface area contributed by atoms with Crippen LogP contribution in [0.1, 0.15) is 0 Å². The molecule has 13 aromatic rings. The van der Waals surface area contributed by atoms with Gasteiger partial charge in [0.15, 0.2) is 0 Å². The first kappa shape index (κ1) is 40.9. The molecule has 2 aromatic heterocycles. The molecule has 0 unspecified atom stereocenters. The molecule has 330 valence electrons. The van der Waals surface area contributed by atoms with Crippen molar-refractivity contribution in [2.75, 3.05) is 9.80 Å². The number of nitrogens with zero attached hydrogens (tertiary/aromatic N) is 4. The molecule has 0 aliphatic carbocycles. The van der Waals surface area contributed by atoms with Crippen LogP contribution in [0.3, 0.4) is 0 Å². The van der Waals surface area contributed by atoms with Crippen LogP contribution in [0.15, 0.2) is 279 Å². The minimum absolute atomic E-state index is 1.10. The Kier molecular flexibility index (Phi) is 10.1. The third-order valence-corrected chi connectivity index (χ3v) is 13.7. The summed E-state index contributed by atoms with van der Waals surface area (Å²) in [5.74, 6) is 0. The van der Waals surface area contributed by atoms with Crippen molar-refractivity contribution < 1.29 is 0 Å². The van der Waals surface area contributed by atoms with Crippen molar-refractivity contribution in [2.45, 2.75) is 0 Å². The van der Waals surface area contributed by atoms with E-state index in [0.29, 0.717) is 0 Å². The summed E-state index contributed by atoms with van der Waals surface area (Å²) in [6.45, 7) is 0. The fraction of sp³-hybridized carbons (Fsp3) is 0. The molecule has 0 aliphatic heterocycles. The molecule has 4 heteroatoms. The molecular formula is C66H46N4. The van der Waals surface area contributed by atoms with Crippen molar-refractivity contribution >= 4 is 77.7 Å². The van der Waals surface area contributed by atoms with Gasteiger partial charge < -0.3 is 18.9 Å². The first-order valence-corrected chi connectivity index (χ1v) is 23.9. The van der Waals surface area contributed by atoms with E-state index in [1.165, 1.54) is 65.9 Å². The molecule has 0 N–H and O–H groups in total. The highest BCUT2D eigenvalue weighted by atomic mass is 15.1.